The molecule has 0 fully saturated rings. The molecule has 1 aromatic carbocycles. The van der Waals surface area contributed by atoms with Crippen LogP contribution in [0.4, 0.5) is 5.69 Å². The lowest BCUT2D eigenvalue weighted by Crippen LogP contribution is -2.05. The standard InChI is InChI=1S/C11H10ClN3/c1-9(15-8-2-7-13-15)14-11-5-3-10(12)4-6-11/h2-8,14H,1H2. The van der Waals surface area contributed by atoms with E-state index >= 15 is 0 Å². The number of hydrogen-bond acceptors (Lipinski definition) is 2. The second kappa shape index (κ2) is 4.19. The van der Waals surface area contributed by atoms with Crippen molar-refractivity contribution in [2.45, 2.75) is 0 Å². The first kappa shape index (κ1) is 9.80. The Bertz CT molecular complexity index is 445. The van der Waals surface area contributed by atoms with Crippen LogP contribution in [0.15, 0.2) is 49.3 Å². The summed E-state index contributed by atoms with van der Waals surface area (Å²) < 4.78 is 1.66. The maximum atomic E-state index is 5.78. The van der Waals surface area contributed by atoms with Gasteiger partial charge in [0.25, 0.3) is 0 Å². The van der Waals surface area contributed by atoms with Gasteiger partial charge in [-0.3, -0.25) is 0 Å². The van der Waals surface area contributed by atoms with E-state index in [9.17, 15) is 0 Å². The number of rotatable bonds is 3. The second-order valence-corrected chi connectivity index (χ2v) is 3.47. The highest BCUT2D eigenvalue weighted by Gasteiger charge is 1.97. The van der Waals surface area contributed by atoms with E-state index in [1.54, 1.807) is 10.9 Å². The van der Waals surface area contributed by atoms with E-state index in [0.29, 0.717) is 10.8 Å². The molecule has 0 spiro atoms. The molecule has 0 aliphatic rings. The SMILES string of the molecule is C=C(Nc1ccc(Cl)cc1)n1cccn1. The topological polar surface area (TPSA) is 29.9 Å². The normalized spacial score (nSPS) is 9.93. The minimum atomic E-state index is 0.697. The highest BCUT2D eigenvalue weighted by Crippen LogP contribution is 2.15. The third kappa shape index (κ3) is 2.39. The zero-order valence-corrected chi connectivity index (χ0v) is 8.78. The van der Waals surface area contributed by atoms with Crippen molar-refractivity contribution in [3.05, 3.63) is 54.3 Å². The predicted octanol–water partition coefficient (Wildman–Crippen LogP) is 3.08. The van der Waals surface area contributed by atoms with Gasteiger partial charge in [0.05, 0.1) is 0 Å². The van der Waals surface area contributed by atoms with E-state index in [4.69, 9.17) is 11.6 Å². The van der Waals surface area contributed by atoms with E-state index in [1.807, 2.05) is 36.5 Å². The minimum Gasteiger partial charge on any atom is -0.341 e. The first-order chi connectivity index (χ1) is 7.25. The van der Waals surface area contributed by atoms with Gasteiger partial charge in [0, 0.05) is 23.1 Å². The van der Waals surface area contributed by atoms with E-state index in [1.165, 1.54) is 0 Å². The number of aromatic nitrogens is 2. The first-order valence-electron chi connectivity index (χ1n) is 4.47. The molecule has 0 aliphatic heterocycles. The fourth-order valence-electron chi connectivity index (χ4n) is 1.19. The van der Waals surface area contributed by atoms with E-state index < -0.39 is 0 Å². The van der Waals surface area contributed by atoms with Gasteiger partial charge < -0.3 is 5.32 Å². The van der Waals surface area contributed by atoms with Crippen LogP contribution < -0.4 is 5.32 Å². The number of nitrogens with zero attached hydrogens (tertiary/aromatic N) is 2. The van der Waals surface area contributed by atoms with Crippen LogP contribution in [0.5, 0.6) is 0 Å². The molecule has 2 rings (SSSR count). The van der Waals surface area contributed by atoms with E-state index in [2.05, 4.69) is 17.0 Å². The maximum absolute atomic E-state index is 5.78. The highest BCUT2D eigenvalue weighted by atomic mass is 35.5. The Balaban J connectivity index is 2.09. The van der Waals surface area contributed by atoms with Gasteiger partial charge in [-0.05, 0) is 30.3 Å². The lowest BCUT2D eigenvalue weighted by molar-refractivity contribution is 0.901. The van der Waals surface area contributed by atoms with Crippen molar-refractivity contribution < 1.29 is 0 Å². The van der Waals surface area contributed by atoms with E-state index in [-0.39, 0.29) is 0 Å². The smallest absolute Gasteiger partial charge is 0.124 e. The molecule has 0 aliphatic carbocycles. The number of halogens is 1. The molecule has 0 radical (unpaired) electrons. The van der Waals surface area contributed by atoms with Gasteiger partial charge in [-0.25, -0.2) is 4.68 Å². The average molecular weight is 220 g/mol. The van der Waals surface area contributed by atoms with Crippen molar-refractivity contribution in [3.63, 3.8) is 0 Å². The summed E-state index contributed by atoms with van der Waals surface area (Å²) in [7, 11) is 0. The predicted molar refractivity (Wildman–Crippen MR) is 62.6 cm³/mol. The summed E-state index contributed by atoms with van der Waals surface area (Å²) >= 11 is 5.78. The molecule has 0 saturated carbocycles. The summed E-state index contributed by atoms with van der Waals surface area (Å²) in [4.78, 5) is 0. The van der Waals surface area contributed by atoms with E-state index in [0.717, 1.165) is 5.69 Å². The summed E-state index contributed by atoms with van der Waals surface area (Å²) in [5.74, 6) is 0.697. The number of benzene rings is 1. The lowest BCUT2D eigenvalue weighted by Gasteiger charge is -2.09. The Morgan fingerprint density at radius 3 is 2.67 bits per heavy atom. The molecule has 76 valence electrons. The molecule has 0 unspecified atom stereocenters. The largest absolute Gasteiger partial charge is 0.341 e. The van der Waals surface area contributed by atoms with Crippen LogP contribution in [0.25, 0.3) is 5.82 Å². The van der Waals surface area contributed by atoms with Crippen molar-refractivity contribution >= 4 is 23.1 Å². The molecule has 1 aromatic heterocycles. The van der Waals surface area contributed by atoms with Crippen LogP contribution in [-0.4, -0.2) is 9.78 Å². The summed E-state index contributed by atoms with van der Waals surface area (Å²) in [6.45, 7) is 3.87. The van der Waals surface area contributed by atoms with Crippen LogP contribution in [-0.2, 0) is 0 Å². The Labute approximate surface area is 93.0 Å². The van der Waals surface area contributed by atoms with Crippen molar-refractivity contribution in [1.29, 1.82) is 0 Å². The van der Waals surface area contributed by atoms with Crippen LogP contribution in [0.2, 0.25) is 5.02 Å². The van der Waals surface area contributed by atoms with Gasteiger partial charge in [0.2, 0.25) is 0 Å². The van der Waals surface area contributed by atoms with Crippen molar-refractivity contribution in [3.8, 4) is 0 Å². The number of nitrogens with one attached hydrogen (secondary N) is 1. The van der Waals surface area contributed by atoms with Gasteiger partial charge in [-0.2, -0.15) is 5.10 Å². The zero-order valence-electron chi connectivity index (χ0n) is 8.02. The molecular formula is C11H10ClN3. The maximum Gasteiger partial charge on any atom is 0.124 e. The highest BCUT2D eigenvalue weighted by molar-refractivity contribution is 6.30. The molecular weight excluding hydrogens is 210 g/mol. The van der Waals surface area contributed by atoms with Crippen LogP contribution >= 0.6 is 11.6 Å². The Hall–Kier alpha value is -1.74. The number of hydrogen-bond donors (Lipinski definition) is 1. The zero-order chi connectivity index (χ0) is 10.7. The van der Waals surface area contributed by atoms with Gasteiger partial charge in [0.15, 0.2) is 0 Å². The second-order valence-electron chi connectivity index (χ2n) is 3.03. The van der Waals surface area contributed by atoms with Crippen LogP contribution in [0.1, 0.15) is 0 Å². The van der Waals surface area contributed by atoms with Crippen LogP contribution in [0.3, 0.4) is 0 Å². The average Bonchev–Trinajstić information content (AvgIpc) is 2.74. The molecule has 0 saturated heterocycles. The molecule has 1 N–H and O–H groups in total. The molecule has 0 atom stereocenters. The Morgan fingerprint density at radius 2 is 2.07 bits per heavy atom. The van der Waals surface area contributed by atoms with Gasteiger partial charge >= 0.3 is 0 Å². The molecule has 0 bridgehead atoms. The third-order valence-electron chi connectivity index (χ3n) is 1.91. The Kier molecular flexibility index (Phi) is 2.74. The minimum absolute atomic E-state index is 0.697. The lowest BCUT2D eigenvalue weighted by atomic mass is 10.3. The van der Waals surface area contributed by atoms with Gasteiger partial charge in [-0.15, -0.1) is 0 Å². The van der Waals surface area contributed by atoms with Crippen molar-refractivity contribution in [2.24, 2.45) is 0 Å². The summed E-state index contributed by atoms with van der Waals surface area (Å²) in [6.07, 6.45) is 3.53. The fraction of sp³-hybridized carbons (Fsp3) is 0. The third-order valence-corrected chi connectivity index (χ3v) is 2.17. The molecule has 1 heterocycles. The summed E-state index contributed by atoms with van der Waals surface area (Å²) in [5, 5.41) is 7.89. The Morgan fingerprint density at radius 1 is 1.33 bits per heavy atom. The monoisotopic (exact) mass is 219 g/mol. The van der Waals surface area contributed by atoms with Crippen molar-refractivity contribution in [1.82, 2.24) is 9.78 Å². The van der Waals surface area contributed by atoms with Crippen LogP contribution in [0, 0.1) is 0 Å². The first-order valence-corrected chi connectivity index (χ1v) is 4.85. The quantitative estimate of drug-likeness (QED) is 0.860. The fourth-order valence-corrected chi connectivity index (χ4v) is 1.31. The summed E-state index contributed by atoms with van der Waals surface area (Å²) in [6, 6.07) is 9.25. The van der Waals surface area contributed by atoms with Gasteiger partial charge in [0.1, 0.15) is 5.82 Å². The number of anilines is 1. The molecule has 0 amide bonds. The molecule has 2 aromatic rings. The molecule has 4 heteroatoms. The molecule has 15 heavy (non-hydrogen) atoms. The summed E-state index contributed by atoms with van der Waals surface area (Å²) in [5.41, 5.74) is 0.930. The van der Waals surface area contributed by atoms with Crippen molar-refractivity contribution in [2.75, 3.05) is 5.32 Å². The molecule has 3 nitrogen and oxygen atoms in total. The van der Waals surface area contributed by atoms with Gasteiger partial charge in [-0.1, -0.05) is 18.2 Å².